The van der Waals surface area contributed by atoms with E-state index >= 15 is 0 Å². The number of aromatic nitrogens is 3. The van der Waals surface area contributed by atoms with Crippen molar-refractivity contribution in [1.82, 2.24) is 14.3 Å². The molecule has 88 valence electrons. The van der Waals surface area contributed by atoms with Gasteiger partial charge in [0.15, 0.2) is 4.34 Å². The maximum absolute atomic E-state index is 10.9. The lowest BCUT2D eigenvalue weighted by molar-refractivity contribution is 0.0697. The Hall–Kier alpha value is -1.67. The average molecular weight is 268 g/mol. The van der Waals surface area contributed by atoms with Crippen LogP contribution in [0.4, 0.5) is 5.69 Å². The van der Waals surface area contributed by atoms with Crippen molar-refractivity contribution in [3.63, 3.8) is 0 Å². The summed E-state index contributed by atoms with van der Waals surface area (Å²) < 4.78 is 4.71. The van der Waals surface area contributed by atoms with Crippen molar-refractivity contribution in [3.05, 3.63) is 23.7 Å². The summed E-state index contributed by atoms with van der Waals surface area (Å²) in [6, 6.07) is 1.37. The number of nitrogen functional groups attached to an aromatic ring is 1. The average Bonchev–Trinajstić information content (AvgIpc) is 2.67. The molecule has 0 spiro atoms. The highest BCUT2D eigenvalue weighted by Crippen LogP contribution is 2.32. The Morgan fingerprint density at radius 1 is 1.59 bits per heavy atom. The second-order valence-corrected chi connectivity index (χ2v) is 5.08. The van der Waals surface area contributed by atoms with Gasteiger partial charge in [-0.2, -0.15) is 4.37 Å². The van der Waals surface area contributed by atoms with Crippen molar-refractivity contribution >= 4 is 35.0 Å². The van der Waals surface area contributed by atoms with Crippen LogP contribution in [0.3, 0.4) is 0 Å². The van der Waals surface area contributed by atoms with Crippen LogP contribution in [0.2, 0.25) is 0 Å². The molecule has 2 heterocycles. The highest BCUT2D eigenvalue weighted by molar-refractivity contribution is 8.01. The van der Waals surface area contributed by atoms with Crippen LogP contribution < -0.4 is 5.73 Å². The summed E-state index contributed by atoms with van der Waals surface area (Å²) in [5.74, 6) is -0.398. The fourth-order valence-electron chi connectivity index (χ4n) is 1.12. The van der Waals surface area contributed by atoms with Crippen LogP contribution in [0.5, 0.6) is 0 Å². The van der Waals surface area contributed by atoms with Gasteiger partial charge >= 0.3 is 5.97 Å². The van der Waals surface area contributed by atoms with E-state index in [9.17, 15) is 4.79 Å². The third-order valence-corrected chi connectivity index (χ3v) is 3.74. The van der Waals surface area contributed by atoms with Gasteiger partial charge < -0.3 is 10.8 Å². The zero-order valence-corrected chi connectivity index (χ0v) is 10.4. The number of rotatable bonds is 3. The van der Waals surface area contributed by atoms with Crippen LogP contribution in [0.1, 0.15) is 16.2 Å². The first kappa shape index (κ1) is 11.8. The summed E-state index contributed by atoms with van der Waals surface area (Å²) in [5.41, 5.74) is 5.93. The van der Waals surface area contributed by atoms with Crippen LogP contribution in [-0.4, -0.2) is 25.4 Å². The predicted octanol–water partition coefficient (Wildman–Crippen LogP) is 1.67. The van der Waals surface area contributed by atoms with E-state index in [2.05, 4.69) is 14.3 Å². The molecule has 0 unspecified atom stereocenters. The fraction of sp³-hybridized carbons (Fsp3) is 0.111. The standard InChI is InChI=1S/C9H8N4O2S2/c1-4-12-9(17-13-4)16-7-6(10)5(8(14)15)2-3-11-7/h2-3H,10H2,1H3,(H,14,15). The molecular formula is C9H8N4O2S2. The van der Waals surface area contributed by atoms with E-state index in [1.54, 1.807) is 6.92 Å². The van der Waals surface area contributed by atoms with Crippen LogP contribution in [0.25, 0.3) is 0 Å². The van der Waals surface area contributed by atoms with E-state index in [0.29, 0.717) is 15.2 Å². The SMILES string of the molecule is Cc1nsc(Sc2nccc(C(=O)O)c2N)n1. The van der Waals surface area contributed by atoms with Gasteiger partial charge in [-0.25, -0.2) is 14.8 Å². The molecule has 0 saturated heterocycles. The molecule has 0 atom stereocenters. The Labute approximate surface area is 105 Å². The van der Waals surface area contributed by atoms with Crippen molar-refractivity contribution in [2.24, 2.45) is 0 Å². The number of carboxylic acid groups (broad SMARTS) is 1. The van der Waals surface area contributed by atoms with E-state index in [0.717, 1.165) is 0 Å². The van der Waals surface area contributed by atoms with Crippen molar-refractivity contribution < 1.29 is 9.90 Å². The lowest BCUT2D eigenvalue weighted by Gasteiger charge is -2.04. The number of carbonyl (C=O) groups is 1. The van der Waals surface area contributed by atoms with Crippen LogP contribution in [0, 0.1) is 6.92 Å². The first-order chi connectivity index (χ1) is 8.08. The van der Waals surface area contributed by atoms with E-state index < -0.39 is 5.97 Å². The highest BCUT2D eigenvalue weighted by Gasteiger charge is 2.14. The van der Waals surface area contributed by atoms with Gasteiger partial charge in [-0.3, -0.25) is 0 Å². The van der Waals surface area contributed by atoms with Gasteiger partial charge in [0.2, 0.25) is 0 Å². The third-order valence-electron chi connectivity index (χ3n) is 1.88. The van der Waals surface area contributed by atoms with Crippen molar-refractivity contribution in [2.75, 3.05) is 5.73 Å². The molecule has 2 rings (SSSR count). The van der Waals surface area contributed by atoms with Gasteiger partial charge in [0.1, 0.15) is 10.9 Å². The van der Waals surface area contributed by atoms with Gasteiger partial charge in [0.25, 0.3) is 0 Å². The Bertz CT molecular complexity index is 570. The number of pyridine rings is 1. The second-order valence-electron chi connectivity index (χ2n) is 3.09. The molecule has 6 nitrogen and oxygen atoms in total. The van der Waals surface area contributed by atoms with E-state index in [1.807, 2.05) is 0 Å². The van der Waals surface area contributed by atoms with Gasteiger partial charge in [-0.05, 0) is 36.3 Å². The van der Waals surface area contributed by atoms with E-state index in [-0.39, 0.29) is 11.3 Å². The molecule has 0 aromatic carbocycles. The second kappa shape index (κ2) is 4.68. The molecule has 2 aromatic rings. The molecule has 8 heteroatoms. The summed E-state index contributed by atoms with van der Waals surface area (Å²) in [7, 11) is 0. The molecule has 0 amide bonds. The Morgan fingerprint density at radius 2 is 2.35 bits per heavy atom. The minimum Gasteiger partial charge on any atom is -0.478 e. The molecular weight excluding hydrogens is 260 g/mol. The molecule has 0 bridgehead atoms. The number of nitrogens with two attached hydrogens (primary N) is 1. The number of anilines is 1. The number of aryl methyl sites for hydroxylation is 1. The highest BCUT2D eigenvalue weighted by atomic mass is 32.2. The minimum atomic E-state index is -1.07. The van der Waals surface area contributed by atoms with Gasteiger partial charge in [-0.15, -0.1) is 0 Å². The summed E-state index contributed by atoms with van der Waals surface area (Å²) in [5, 5.41) is 9.35. The Morgan fingerprint density at radius 3 is 2.94 bits per heavy atom. The quantitative estimate of drug-likeness (QED) is 0.872. The predicted molar refractivity (Wildman–Crippen MR) is 64.4 cm³/mol. The molecule has 0 aliphatic carbocycles. The molecule has 3 N–H and O–H groups in total. The summed E-state index contributed by atoms with van der Waals surface area (Å²) >= 11 is 2.44. The molecule has 0 radical (unpaired) electrons. The summed E-state index contributed by atoms with van der Waals surface area (Å²) in [6.07, 6.45) is 1.41. The van der Waals surface area contributed by atoms with Crippen LogP contribution in [-0.2, 0) is 0 Å². The van der Waals surface area contributed by atoms with Gasteiger partial charge in [0, 0.05) is 6.20 Å². The number of nitrogens with zero attached hydrogens (tertiary/aromatic N) is 3. The van der Waals surface area contributed by atoms with Crippen LogP contribution in [0.15, 0.2) is 21.6 Å². The normalized spacial score (nSPS) is 10.4. The molecule has 0 aliphatic heterocycles. The van der Waals surface area contributed by atoms with E-state index in [4.69, 9.17) is 10.8 Å². The molecule has 17 heavy (non-hydrogen) atoms. The molecule has 0 aliphatic rings. The maximum Gasteiger partial charge on any atom is 0.337 e. The van der Waals surface area contributed by atoms with Crippen molar-refractivity contribution in [2.45, 2.75) is 16.3 Å². The Kier molecular flexibility index (Phi) is 3.25. The lowest BCUT2D eigenvalue weighted by atomic mass is 10.2. The monoisotopic (exact) mass is 268 g/mol. The zero-order chi connectivity index (χ0) is 12.4. The molecule has 2 aromatic heterocycles. The minimum absolute atomic E-state index is 0.0451. The summed E-state index contributed by atoms with van der Waals surface area (Å²) in [4.78, 5) is 19.1. The van der Waals surface area contributed by atoms with Crippen molar-refractivity contribution in [1.29, 1.82) is 0 Å². The molecule has 0 fully saturated rings. The lowest BCUT2D eigenvalue weighted by Crippen LogP contribution is -2.04. The first-order valence-electron chi connectivity index (χ1n) is 4.54. The third kappa shape index (κ3) is 2.53. The zero-order valence-electron chi connectivity index (χ0n) is 8.75. The fourth-order valence-corrected chi connectivity index (χ4v) is 2.72. The maximum atomic E-state index is 10.9. The number of hydrogen-bond donors (Lipinski definition) is 2. The number of aromatic carboxylic acids is 1. The number of hydrogen-bond acceptors (Lipinski definition) is 7. The topological polar surface area (TPSA) is 102 Å². The van der Waals surface area contributed by atoms with Crippen LogP contribution >= 0.6 is 23.3 Å². The first-order valence-corrected chi connectivity index (χ1v) is 6.13. The van der Waals surface area contributed by atoms with E-state index in [1.165, 1.54) is 35.6 Å². The smallest absolute Gasteiger partial charge is 0.337 e. The Balaban J connectivity index is 2.33. The largest absolute Gasteiger partial charge is 0.478 e. The van der Waals surface area contributed by atoms with Gasteiger partial charge in [0.05, 0.1) is 11.3 Å². The van der Waals surface area contributed by atoms with Crippen molar-refractivity contribution in [3.8, 4) is 0 Å². The summed E-state index contributed by atoms with van der Waals surface area (Å²) in [6.45, 7) is 1.78. The molecule has 0 saturated carbocycles. The van der Waals surface area contributed by atoms with Gasteiger partial charge in [-0.1, -0.05) is 0 Å². The number of carboxylic acids is 1.